The normalized spacial score (nSPS) is 11.6. The lowest BCUT2D eigenvalue weighted by Gasteiger charge is -2.20. The third kappa shape index (κ3) is 4.60. The van der Waals surface area contributed by atoms with Gasteiger partial charge in [0.05, 0.1) is 0 Å². The minimum atomic E-state index is -0.215. The van der Waals surface area contributed by atoms with E-state index in [4.69, 9.17) is 4.42 Å². The van der Waals surface area contributed by atoms with Gasteiger partial charge in [-0.25, -0.2) is 0 Å². The van der Waals surface area contributed by atoms with Crippen molar-refractivity contribution in [3.63, 3.8) is 0 Å². The van der Waals surface area contributed by atoms with Gasteiger partial charge in [-0.1, -0.05) is 48.2 Å². The fourth-order valence-corrected chi connectivity index (χ4v) is 3.20. The Kier molecular flexibility index (Phi) is 5.08. The Labute approximate surface area is 151 Å². The molecule has 0 atom stereocenters. The second-order valence-corrected chi connectivity index (χ2v) is 7.84. The minimum absolute atomic E-state index is 0.0220. The zero-order chi connectivity index (χ0) is 17.9. The Balaban J connectivity index is 1.66. The molecule has 0 spiro atoms. The van der Waals surface area contributed by atoms with Gasteiger partial charge in [-0.15, -0.1) is 10.2 Å². The lowest BCUT2D eigenvalue weighted by Crippen LogP contribution is -2.40. The van der Waals surface area contributed by atoms with Gasteiger partial charge in [-0.05, 0) is 37.6 Å². The zero-order valence-electron chi connectivity index (χ0n) is 14.6. The van der Waals surface area contributed by atoms with E-state index in [1.54, 1.807) is 0 Å². The predicted octanol–water partition coefficient (Wildman–Crippen LogP) is 4.29. The van der Waals surface area contributed by atoms with E-state index in [-0.39, 0.29) is 11.4 Å². The summed E-state index contributed by atoms with van der Waals surface area (Å²) in [5, 5.41) is 13.9. The number of rotatable bonds is 5. The highest BCUT2D eigenvalue weighted by molar-refractivity contribution is 7.99. The second-order valence-electron chi connectivity index (χ2n) is 6.80. The van der Waals surface area contributed by atoms with E-state index in [0.29, 0.717) is 23.3 Å². The molecule has 2 aromatic carbocycles. The van der Waals surface area contributed by atoms with Gasteiger partial charge in [0.25, 0.3) is 5.22 Å². The van der Waals surface area contributed by atoms with E-state index in [2.05, 4.69) is 27.6 Å². The molecule has 130 valence electrons. The van der Waals surface area contributed by atoms with Gasteiger partial charge in [0.2, 0.25) is 11.8 Å². The molecule has 3 aromatic rings. The topological polar surface area (TPSA) is 68.0 Å². The molecule has 0 saturated carbocycles. The van der Waals surface area contributed by atoms with Gasteiger partial charge >= 0.3 is 0 Å². The standard InChI is InChI=1S/C19H21N3O2S/c1-19(2,3)20-16(23)11-12-25-18-22-21-17(24-18)15-10-6-8-13-7-4-5-9-14(13)15/h4-10H,11-12H2,1-3H3,(H,20,23). The molecule has 1 heterocycles. The number of aromatic nitrogens is 2. The van der Waals surface area contributed by atoms with Crippen molar-refractivity contribution in [2.45, 2.75) is 38.0 Å². The Hall–Kier alpha value is -2.34. The molecule has 0 bridgehead atoms. The van der Waals surface area contributed by atoms with Crippen LogP contribution in [0.3, 0.4) is 0 Å². The number of thioether (sulfide) groups is 1. The van der Waals surface area contributed by atoms with E-state index in [9.17, 15) is 4.79 Å². The number of amides is 1. The van der Waals surface area contributed by atoms with Crippen LogP contribution in [0.15, 0.2) is 52.1 Å². The van der Waals surface area contributed by atoms with Crippen LogP contribution in [0.2, 0.25) is 0 Å². The maximum absolute atomic E-state index is 11.8. The minimum Gasteiger partial charge on any atom is -0.411 e. The number of nitrogens with one attached hydrogen (secondary N) is 1. The van der Waals surface area contributed by atoms with Crippen LogP contribution in [0.4, 0.5) is 0 Å². The van der Waals surface area contributed by atoms with Crippen LogP contribution >= 0.6 is 11.8 Å². The van der Waals surface area contributed by atoms with Crippen LogP contribution < -0.4 is 5.32 Å². The maximum atomic E-state index is 11.8. The summed E-state index contributed by atoms with van der Waals surface area (Å²) in [7, 11) is 0. The van der Waals surface area contributed by atoms with E-state index < -0.39 is 0 Å². The van der Waals surface area contributed by atoms with Crippen LogP contribution in [-0.2, 0) is 4.79 Å². The molecular formula is C19H21N3O2S. The average molecular weight is 355 g/mol. The van der Waals surface area contributed by atoms with Crippen molar-refractivity contribution < 1.29 is 9.21 Å². The summed E-state index contributed by atoms with van der Waals surface area (Å²) in [6.07, 6.45) is 0.411. The van der Waals surface area contributed by atoms with Gasteiger partial charge in [0.15, 0.2) is 0 Å². The first-order valence-corrected chi connectivity index (χ1v) is 9.16. The Morgan fingerprint density at radius 1 is 1.12 bits per heavy atom. The third-order valence-corrected chi connectivity index (χ3v) is 4.32. The van der Waals surface area contributed by atoms with E-state index in [1.165, 1.54) is 11.8 Å². The molecule has 1 amide bonds. The Morgan fingerprint density at radius 2 is 1.88 bits per heavy atom. The molecule has 1 aromatic heterocycles. The summed E-state index contributed by atoms with van der Waals surface area (Å²) in [6, 6.07) is 14.1. The largest absolute Gasteiger partial charge is 0.411 e. The van der Waals surface area contributed by atoms with E-state index in [1.807, 2.05) is 51.1 Å². The van der Waals surface area contributed by atoms with Crippen molar-refractivity contribution in [1.29, 1.82) is 0 Å². The monoisotopic (exact) mass is 355 g/mol. The molecule has 0 radical (unpaired) electrons. The molecule has 0 unspecified atom stereocenters. The number of nitrogens with zero attached hydrogens (tertiary/aromatic N) is 2. The molecule has 0 aliphatic carbocycles. The van der Waals surface area contributed by atoms with Crippen LogP contribution in [0.1, 0.15) is 27.2 Å². The Bertz CT molecular complexity index is 878. The Morgan fingerprint density at radius 3 is 2.68 bits per heavy atom. The molecule has 0 fully saturated rings. The number of hydrogen-bond acceptors (Lipinski definition) is 5. The first-order valence-electron chi connectivity index (χ1n) is 8.18. The number of carbonyl (C=O) groups excluding carboxylic acids is 1. The number of benzene rings is 2. The van der Waals surface area contributed by atoms with Crippen molar-refractivity contribution in [1.82, 2.24) is 15.5 Å². The lowest BCUT2D eigenvalue weighted by molar-refractivity contribution is -0.122. The highest BCUT2D eigenvalue weighted by Gasteiger charge is 2.15. The van der Waals surface area contributed by atoms with Crippen molar-refractivity contribution >= 4 is 28.4 Å². The number of hydrogen-bond donors (Lipinski definition) is 1. The lowest BCUT2D eigenvalue weighted by atomic mass is 10.0. The molecule has 3 rings (SSSR count). The fraction of sp³-hybridized carbons (Fsp3) is 0.316. The molecule has 1 N–H and O–H groups in total. The van der Waals surface area contributed by atoms with Crippen LogP contribution in [-0.4, -0.2) is 27.4 Å². The summed E-state index contributed by atoms with van der Waals surface area (Å²) in [5.74, 6) is 1.12. The van der Waals surface area contributed by atoms with Crippen LogP contribution in [0.25, 0.3) is 22.2 Å². The molecule has 0 aliphatic heterocycles. The smallest absolute Gasteiger partial charge is 0.276 e. The van der Waals surface area contributed by atoms with E-state index >= 15 is 0 Å². The molecule has 5 nitrogen and oxygen atoms in total. The first kappa shape index (κ1) is 17.5. The van der Waals surface area contributed by atoms with Gasteiger partial charge in [-0.3, -0.25) is 4.79 Å². The van der Waals surface area contributed by atoms with Crippen LogP contribution in [0, 0.1) is 0 Å². The second kappa shape index (κ2) is 7.27. The van der Waals surface area contributed by atoms with Gasteiger partial charge in [0.1, 0.15) is 0 Å². The first-order chi connectivity index (χ1) is 11.9. The number of carbonyl (C=O) groups is 1. The highest BCUT2D eigenvalue weighted by atomic mass is 32.2. The summed E-state index contributed by atoms with van der Waals surface area (Å²) >= 11 is 1.39. The number of fused-ring (bicyclic) bond motifs is 1. The molecule has 0 saturated heterocycles. The van der Waals surface area contributed by atoms with Crippen LogP contribution in [0.5, 0.6) is 0 Å². The van der Waals surface area contributed by atoms with Gasteiger partial charge in [-0.2, -0.15) is 0 Å². The summed E-state index contributed by atoms with van der Waals surface area (Å²) in [5.41, 5.74) is 0.705. The van der Waals surface area contributed by atoms with E-state index in [0.717, 1.165) is 16.3 Å². The third-order valence-electron chi connectivity index (χ3n) is 3.50. The molecular weight excluding hydrogens is 334 g/mol. The molecule has 0 aliphatic rings. The predicted molar refractivity (Wildman–Crippen MR) is 100 cm³/mol. The van der Waals surface area contributed by atoms with Crippen molar-refractivity contribution in [3.05, 3.63) is 42.5 Å². The highest BCUT2D eigenvalue weighted by Crippen LogP contribution is 2.29. The van der Waals surface area contributed by atoms with Gasteiger partial charge < -0.3 is 9.73 Å². The van der Waals surface area contributed by atoms with Gasteiger partial charge in [0, 0.05) is 23.3 Å². The quantitative estimate of drug-likeness (QED) is 0.692. The summed E-state index contributed by atoms with van der Waals surface area (Å²) in [6.45, 7) is 5.89. The zero-order valence-corrected chi connectivity index (χ0v) is 15.4. The molecule has 25 heavy (non-hydrogen) atoms. The summed E-state index contributed by atoms with van der Waals surface area (Å²) in [4.78, 5) is 11.8. The van der Waals surface area contributed by atoms with Crippen molar-refractivity contribution in [2.75, 3.05) is 5.75 Å². The SMILES string of the molecule is CC(C)(C)NC(=O)CCSc1nnc(-c2cccc3ccccc23)o1. The average Bonchev–Trinajstić information content (AvgIpc) is 3.01. The van der Waals surface area contributed by atoms with Crippen molar-refractivity contribution in [3.8, 4) is 11.5 Å². The van der Waals surface area contributed by atoms with Crippen molar-refractivity contribution in [2.24, 2.45) is 0 Å². The maximum Gasteiger partial charge on any atom is 0.276 e. The summed E-state index contributed by atoms with van der Waals surface area (Å²) < 4.78 is 5.77. The molecule has 6 heteroatoms. The fourth-order valence-electron chi connectivity index (χ4n) is 2.50.